The summed E-state index contributed by atoms with van der Waals surface area (Å²) in [5, 5.41) is 12.6. The quantitative estimate of drug-likeness (QED) is 0.260. The Kier molecular flexibility index (Phi) is 4.02. The van der Waals surface area contributed by atoms with E-state index in [0.717, 1.165) is 12.1 Å². The fraction of sp³-hybridized carbons (Fsp3) is 0.200. The number of benzene rings is 1. The summed E-state index contributed by atoms with van der Waals surface area (Å²) in [6, 6.07) is 3.54. The highest BCUT2D eigenvalue weighted by Crippen LogP contribution is 2.16. The first-order valence-corrected chi connectivity index (χ1v) is 4.22. The van der Waals surface area contributed by atoms with Crippen molar-refractivity contribution >= 4 is 0 Å². The lowest BCUT2D eigenvalue weighted by Crippen LogP contribution is -1.80. The van der Waals surface area contributed by atoms with Crippen LogP contribution in [0.5, 0.6) is 5.75 Å². The predicted octanol–water partition coefficient (Wildman–Crippen LogP) is 2.58. The highest BCUT2D eigenvalue weighted by molar-refractivity contribution is 5.45. The summed E-state index contributed by atoms with van der Waals surface area (Å²) < 4.78 is 12.7. The molecule has 76 valence electrons. The van der Waals surface area contributed by atoms with Crippen LogP contribution in [0.3, 0.4) is 0 Å². The van der Waals surface area contributed by atoms with Gasteiger partial charge in [0.15, 0.2) is 0 Å². The van der Waals surface area contributed by atoms with Crippen molar-refractivity contribution in [2.75, 3.05) is 6.54 Å². The smallest absolute Gasteiger partial charge is 0.131 e. The Morgan fingerprint density at radius 2 is 2.33 bits per heavy atom. The molecule has 0 aliphatic rings. The lowest BCUT2D eigenvalue weighted by atomic mass is 10.2. The van der Waals surface area contributed by atoms with Crippen LogP contribution in [0, 0.1) is 17.7 Å². The van der Waals surface area contributed by atoms with Crippen LogP contribution in [0.2, 0.25) is 0 Å². The van der Waals surface area contributed by atoms with Crippen molar-refractivity contribution in [2.45, 2.75) is 6.42 Å². The number of nitrogens with zero attached hydrogens (tertiary/aromatic N) is 3. The zero-order valence-electron chi connectivity index (χ0n) is 7.81. The molecule has 0 fully saturated rings. The normalized spacial score (nSPS) is 8.60. The van der Waals surface area contributed by atoms with Gasteiger partial charge in [-0.1, -0.05) is 17.0 Å². The summed E-state index contributed by atoms with van der Waals surface area (Å²) in [4.78, 5) is 2.56. The number of rotatable bonds is 2. The van der Waals surface area contributed by atoms with Crippen molar-refractivity contribution in [3.63, 3.8) is 0 Å². The lowest BCUT2D eigenvalue weighted by molar-refractivity contribution is 0.471. The number of halogens is 1. The average molecular weight is 205 g/mol. The second-order valence-corrected chi connectivity index (χ2v) is 2.67. The molecule has 15 heavy (non-hydrogen) atoms. The van der Waals surface area contributed by atoms with Crippen molar-refractivity contribution in [3.05, 3.63) is 40.0 Å². The molecular weight excluding hydrogens is 197 g/mol. The van der Waals surface area contributed by atoms with Gasteiger partial charge in [-0.3, -0.25) is 0 Å². The highest BCUT2D eigenvalue weighted by atomic mass is 19.1. The molecule has 0 aliphatic heterocycles. The van der Waals surface area contributed by atoms with Crippen LogP contribution in [-0.4, -0.2) is 11.7 Å². The second-order valence-electron chi connectivity index (χ2n) is 2.67. The van der Waals surface area contributed by atoms with E-state index >= 15 is 0 Å². The molecule has 0 saturated heterocycles. The Morgan fingerprint density at radius 1 is 1.53 bits per heavy atom. The first-order valence-electron chi connectivity index (χ1n) is 4.22. The molecule has 0 saturated carbocycles. The minimum Gasteiger partial charge on any atom is -0.507 e. The number of aromatic hydroxyl groups is 1. The van der Waals surface area contributed by atoms with Gasteiger partial charge in [-0.25, -0.2) is 4.39 Å². The SMILES string of the molecule is [N-]=[N+]=NCCC#Cc1cc(F)ccc1O. The molecule has 0 amide bonds. The molecule has 0 heterocycles. The molecule has 0 spiro atoms. The Hall–Kier alpha value is -2.18. The van der Waals surface area contributed by atoms with Crippen molar-refractivity contribution < 1.29 is 9.50 Å². The molecule has 5 heteroatoms. The van der Waals surface area contributed by atoms with Crippen molar-refractivity contribution in [2.24, 2.45) is 5.11 Å². The molecule has 1 aromatic rings. The minimum atomic E-state index is -0.452. The third kappa shape index (κ3) is 3.59. The van der Waals surface area contributed by atoms with Gasteiger partial charge in [0.1, 0.15) is 11.6 Å². The second kappa shape index (κ2) is 5.53. The molecule has 1 rings (SSSR count). The van der Waals surface area contributed by atoms with Gasteiger partial charge in [-0.05, 0) is 23.7 Å². The molecule has 0 unspecified atom stereocenters. The Morgan fingerprint density at radius 3 is 3.07 bits per heavy atom. The minimum absolute atomic E-state index is 0.0623. The summed E-state index contributed by atoms with van der Waals surface area (Å²) in [5.74, 6) is 4.74. The summed E-state index contributed by atoms with van der Waals surface area (Å²) in [5.41, 5.74) is 8.22. The van der Waals surface area contributed by atoms with E-state index in [1.165, 1.54) is 6.07 Å². The molecule has 0 bridgehead atoms. The largest absolute Gasteiger partial charge is 0.507 e. The van der Waals surface area contributed by atoms with E-state index in [-0.39, 0.29) is 17.9 Å². The van der Waals surface area contributed by atoms with Gasteiger partial charge < -0.3 is 5.11 Å². The Bertz CT molecular complexity index is 455. The van der Waals surface area contributed by atoms with Crippen LogP contribution in [-0.2, 0) is 0 Å². The average Bonchev–Trinajstić information content (AvgIpc) is 2.23. The summed E-state index contributed by atoms with van der Waals surface area (Å²) in [7, 11) is 0. The molecule has 1 N–H and O–H groups in total. The van der Waals surface area contributed by atoms with E-state index in [0.29, 0.717) is 6.42 Å². The van der Waals surface area contributed by atoms with Gasteiger partial charge in [0.05, 0.1) is 5.56 Å². The Balaban J connectivity index is 2.70. The molecule has 4 nitrogen and oxygen atoms in total. The molecule has 0 aliphatic carbocycles. The molecule has 0 atom stereocenters. The molecule has 0 radical (unpaired) electrons. The fourth-order valence-corrected chi connectivity index (χ4v) is 0.917. The topological polar surface area (TPSA) is 69.0 Å². The molecule has 1 aromatic carbocycles. The van der Waals surface area contributed by atoms with Crippen LogP contribution in [0.15, 0.2) is 23.3 Å². The van der Waals surface area contributed by atoms with Gasteiger partial charge in [0.25, 0.3) is 0 Å². The van der Waals surface area contributed by atoms with Crippen LogP contribution in [0.25, 0.3) is 10.4 Å². The number of phenolic OH excluding ortho intramolecular Hbond substituents is 1. The van der Waals surface area contributed by atoms with E-state index < -0.39 is 5.82 Å². The fourth-order valence-electron chi connectivity index (χ4n) is 0.917. The first-order chi connectivity index (χ1) is 7.24. The van der Waals surface area contributed by atoms with E-state index in [2.05, 4.69) is 21.9 Å². The predicted molar refractivity (Wildman–Crippen MR) is 53.6 cm³/mol. The van der Waals surface area contributed by atoms with Crippen LogP contribution in [0.4, 0.5) is 4.39 Å². The zero-order chi connectivity index (χ0) is 11.1. The summed E-state index contributed by atoms with van der Waals surface area (Å²) in [6.07, 6.45) is 0.375. The van der Waals surface area contributed by atoms with Gasteiger partial charge in [-0.2, -0.15) is 0 Å². The molecular formula is C10H8FN3O. The third-order valence-electron chi connectivity index (χ3n) is 1.58. The Labute approximate surface area is 86.0 Å². The summed E-state index contributed by atoms with van der Waals surface area (Å²) in [6.45, 7) is 0.263. The van der Waals surface area contributed by atoms with E-state index in [1.807, 2.05) is 0 Å². The van der Waals surface area contributed by atoms with Crippen LogP contribution >= 0.6 is 0 Å². The van der Waals surface area contributed by atoms with E-state index in [4.69, 9.17) is 5.53 Å². The van der Waals surface area contributed by atoms with E-state index in [9.17, 15) is 9.50 Å². The van der Waals surface area contributed by atoms with Crippen molar-refractivity contribution in [3.8, 4) is 17.6 Å². The maximum atomic E-state index is 12.7. The van der Waals surface area contributed by atoms with Crippen LogP contribution in [0.1, 0.15) is 12.0 Å². The zero-order valence-corrected chi connectivity index (χ0v) is 7.81. The standard InChI is InChI=1S/C10H8FN3O/c11-9-4-5-10(15)8(7-9)3-1-2-6-13-14-12/h4-5,7,15H,2,6H2. The number of hydrogen-bond donors (Lipinski definition) is 1. The highest BCUT2D eigenvalue weighted by Gasteiger charge is 1.98. The first kappa shape index (κ1) is 10.9. The van der Waals surface area contributed by atoms with E-state index in [1.54, 1.807) is 0 Å². The van der Waals surface area contributed by atoms with Crippen molar-refractivity contribution in [1.29, 1.82) is 0 Å². The van der Waals surface area contributed by atoms with Crippen LogP contribution < -0.4 is 0 Å². The number of azide groups is 1. The maximum Gasteiger partial charge on any atom is 0.131 e. The van der Waals surface area contributed by atoms with Gasteiger partial charge in [0, 0.05) is 17.9 Å². The van der Waals surface area contributed by atoms with Gasteiger partial charge in [-0.15, -0.1) is 0 Å². The van der Waals surface area contributed by atoms with Crippen molar-refractivity contribution in [1.82, 2.24) is 0 Å². The van der Waals surface area contributed by atoms with Gasteiger partial charge >= 0.3 is 0 Å². The molecule has 0 aromatic heterocycles. The maximum absolute atomic E-state index is 12.7. The van der Waals surface area contributed by atoms with Gasteiger partial charge in [0.2, 0.25) is 0 Å². The lowest BCUT2D eigenvalue weighted by Gasteiger charge is -1.95. The third-order valence-corrected chi connectivity index (χ3v) is 1.58. The number of phenols is 1. The number of hydrogen-bond acceptors (Lipinski definition) is 2. The monoisotopic (exact) mass is 205 g/mol. The summed E-state index contributed by atoms with van der Waals surface area (Å²) >= 11 is 0.